The van der Waals surface area contributed by atoms with Gasteiger partial charge in [-0.3, -0.25) is 9.10 Å². The maximum Gasteiger partial charge on any atom is 0.339 e. The standard InChI is InChI=1S/C19H21ClN2O5S/c1-4-13-8-10-14(11-9-13)22(28(3,25)26)12-17(23)21-16-7-5-6-15(18(16)20)19(24)27-2/h5-11H,4,12H2,1-3H3,(H,21,23). The molecule has 0 bridgehead atoms. The molecule has 9 heteroatoms. The van der Waals surface area contributed by atoms with Gasteiger partial charge in [-0.1, -0.05) is 36.7 Å². The summed E-state index contributed by atoms with van der Waals surface area (Å²) in [6, 6.07) is 11.4. The number of hydrogen-bond acceptors (Lipinski definition) is 5. The molecule has 0 radical (unpaired) electrons. The number of methoxy groups -OCH3 is 1. The molecule has 0 saturated heterocycles. The highest BCUT2D eigenvalue weighted by Crippen LogP contribution is 2.27. The van der Waals surface area contributed by atoms with Crippen LogP contribution in [0.25, 0.3) is 0 Å². The molecule has 0 spiro atoms. The molecule has 150 valence electrons. The summed E-state index contributed by atoms with van der Waals surface area (Å²) in [7, 11) is -2.48. The minimum Gasteiger partial charge on any atom is -0.465 e. The molecule has 0 aliphatic carbocycles. The molecule has 2 aromatic carbocycles. The van der Waals surface area contributed by atoms with Crippen molar-refractivity contribution < 1.29 is 22.7 Å². The van der Waals surface area contributed by atoms with Crippen LogP contribution >= 0.6 is 11.6 Å². The van der Waals surface area contributed by atoms with Gasteiger partial charge in [-0.2, -0.15) is 0 Å². The molecule has 0 saturated carbocycles. The van der Waals surface area contributed by atoms with Crippen molar-refractivity contribution in [3.8, 4) is 0 Å². The molecule has 0 heterocycles. The zero-order valence-electron chi connectivity index (χ0n) is 15.7. The maximum atomic E-state index is 12.5. The first-order valence-corrected chi connectivity index (χ1v) is 10.6. The molecule has 0 aliphatic rings. The fraction of sp³-hybridized carbons (Fsp3) is 0.263. The van der Waals surface area contributed by atoms with E-state index in [9.17, 15) is 18.0 Å². The van der Waals surface area contributed by atoms with Crippen LogP contribution in [0.5, 0.6) is 0 Å². The van der Waals surface area contributed by atoms with Crippen LogP contribution in [0.3, 0.4) is 0 Å². The number of amides is 1. The van der Waals surface area contributed by atoms with Crippen molar-refractivity contribution in [1.29, 1.82) is 0 Å². The second kappa shape index (κ2) is 9.07. The quantitative estimate of drug-likeness (QED) is 0.689. The van der Waals surface area contributed by atoms with Crippen LogP contribution in [0.2, 0.25) is 5.02 Å². The van der Waals surface area contributed by atoms with Crippen LogP contribution in [-0.4, -0.2) is 40.2 Å². The number of nitrogens with one attached hydrogen (secondary N) is 1. The van der Waals surface area contributed by atoms with Gasteiger partial charge in [-0.25, -0.2) is 13.2 Å². The predicted octanol–water partition coefficient (Wildman–Crippen LogP) is 3.09. The van der Waals surface area contributed by atoms with Gasteiger partial charge in [0.15, 0.2) is 0 Å². The SMILES string of the molecule is CCc1ccc(N(CC(=O)Nc2cccc(C(=O)OC)c2Cl)S(C)(=O)=O)cc1. The molecular formula is C19H21ClN2O5S. The number of ether oxygens (including phenoxy) is 1. The summed E-state index contributed by atoms with van der Waals surface area (Å²) in [5.74, 6) is -1.25. The number of hydrogen-bond donors (Lipinski definition) is 1. The van der Waals surface area contributed by atoms with Gasteiger partial charge in [0.05, 0.1) is 35.3 Å². The van der Waals surface area contributed by atoms with Crippen LogP contribution in [0.4, 0.5) is 11.4 Å². The monoisotopic (exact) mass is 424 g/mol. The molecule has 0 fully saturated rings. The zero-order chi connectivity index (χ0) is 20.9. The fourth-order valence-corrected chi connectivity index (χ4v) is 3.62. The molecule has 2 aromatic rings. The molecule has 0 atom stereocenters. The number of aryl methyl sites for hydroxylation is 1. The highest BCUT2D eigenvalue weighted by atomic mass is 35.5. The van der Waals surface area contributed by atoms with Gasteiger partial charge in [0.25, 0.3) is 0 Å². The Kier molecular flexibility index (Phi) is 7.04. The van der Waals surface area contributed by atoms with Crippen molar-refractivity contribution >= 4 is 44.9 Å². The Bertz CT molecular complexity index is 974. The molecule has 0 unspecified atom stereocenters. The number of anilines is 2. The first-order valence-electron chi connectivity index (χ1n) is 8.40. The van der Waals surface area contributed by atoms with Crippen LogP contribution in [-0.2, 0) is 26.0 Å². The summed E-state index contributed by atoms with van der Waals surface area (Å²) in [6.07, 6.45) is 1.84. The van der Waals surface area contributed by atoms with Crippen LogP contribution < -0.4 is 9.62 Å². The minimum absolute atomic E-state index is 0.0147. The van der Waals surface area contributed by atoms with Gasteiger partial charge in [-0.15, -0.1) is 0 Å². The summed E-state index contributed by atoms with van der Waals surface area (Å²) >= 11 is 6.16. The van der Waals surface area contributed by atoms with E-state index in [1.807, 2.05) is 19.1 Å². The van der Waals surface area contributed by atoms with Crippen LogP contribution in [0, 0.1) is 0 Å². The van der Waals surface area contributed by atoms with Gasteiger partial charge >= 0.3 is 5.97 Å². The van der Waals surface area contributed by atoms with Gasteiger partial charge in [0, 0.05) is 0 Å². The Balaban J connectivity index is 2.24. The Hall–Kier alpha value is -2.58. The number of carbonyl (C=O) groups is 2. The second-order valence-corrected chi connectivity index (χ2v) is 8.28. The smallest absolute Gasteiger partial charge is 0.339 e. The summed E-state index contributed by atoms with van der Waals surface area (Å²) in [4.78, 5) is 24.2. The molecule has 0 aliphatic heterocycles. The Morgan fingerprint density at radius 1 is 1.14 bits per heavy atom. The highest BCUT2D eigenvalue weighted by molar-refractivity contribution is 7.92. The van der Waals surface area contributed by atoms with Crippen molar-refractivity contribution in [2.75, 3.05) is 29.5 Å². The average molecular weight is 425 g/mol. The van der Waals surface area contributed by atoms with Gasteiger partial charge < -0.3 is 10.1 Å². The Morgan fingerprint density at radius 3 is 2.32 bits per heavy atom. The van der Waals surface area contributed by atoms with E-state index in [4.69, 9.17) is 11.6 Å². The maximum absolute atomic E-state index is 12.5. The number of carbonyl (C=O) groups excluding carboxylic acids is 2. The number of esters is 1. The summed E-state index contributed by atoms with van der Waals surface area (Å²) in [5, 5.41) is 2.55. The average Bonchev–Trinajstić information content (AvgIpc) is 2.66. The lowest BCUT2D eigenvalue weighted by molar-refractivity contribution is -0.114. The zero-order valence-corrected chi connectivity index (χ0v) is 17.3. The van der Waals surface area contributed by atoms with E-state index in [1.54, 1.807) is 12.1 Å². The molecule has 0 aromatic heterocycles. The van der Waals surface area contributed by atoms with Crippen molar-refractivity contribution in [3.63, 3.8) is 0 Å². The van der Waals surface area contributed by atoms with Crippen molar-refractivity contribution in [2.45, 2.75) is 13.3 Å². The third-order valence-electron chi connectivity index (χ3n) is 4.00. The second-order valence-electron chi connectivity index (χ2n) is 6.00. The van der Waals surface area contributed by atoms with E-state index in [0.717, 1.165) is 22.5 Å². The summed E-state index contributed by atoms with van der Waals surface area (Å²) < 4.78 is 30.0. The fourth-order valence-electron chi connectivity index (χ4n) is 2.51. The first kappa shape index (κ1) is 21.7. The number of benzene rings is 2. The highest BCUT2D eigenvalue weighted by Gasteiger charge is 2.22. The van der Waals surface area contributed by atoms with E-state index in [0.29, 0.717) is 5.69 Å². The third-order valence-corrected chi connectivity index (χ3v) is 5.55. The lowest BCUT2D eigenvalue weighted by Crippen LogP contribution is -2.37. The predicted molar refractivity (Wildman–Crippen MR) is 109 cm³/mol. The summed E-state index contributed by atoms with van der Waals surface area (Å²) in [5.41, 5.74) is 1.71. The van der Waals surface area contributed by atoms with Gasteiger partial charge in [-0.05, 0) is 36.2 Å². The summed E-state index contributed by atoms with van der Waals surface area (Å²) in [6.45, 7) is 1.55. The molecule has 1 N–H and O–H groups in total. The topological polar surface area (TPSA) is 92.8 Å². The molecule has 1 amide bonds. The van der Waals surface area contributed by atoms with E-state index < -0.39 is 28.4 Å². The van der Waals surface area contributed by atoms with Crippen molar-refractivity contribution in [1.82, 2.24) is 0 Å². The lowest BCUT2D eigenvalue weighted by Gasteiger charge is -2.22. The number of halogens is 1. The molecular weight excluding hydrogens is 404 g/mol. The van der Waals surface area contributed by atoms with Crippen LogP contribution in [0.1, 0.15) is 22.8 Å². The van der Waals surface area contributed by atoms with Gasteiger partial charge in [0.2, 0.25) is 15.9 Å². The van der Waals surface area contributed by atoms with E-state index in [-0.39, 0.29) is 16.3 Å². The Labute approximate surface area is 169 Å². The molecule has 28 heavy (non-hydrogen) atoms. The largest absolute Gasteiger partial charge is 0.465 e. The van der Waals surface area contributed by atoms with Crippen molar-refractivity contribution in [2.24, 2.45) is 0 Å². The lowest BCUT2D eigenvalue weighted by atomic mass is 10.1. The molecule has 2 rings (SSSR count). The number of rotatable bonds is 7. The Morgan fingerprint density at radius 2 is 1.79 bits per heavy atom. The van der Waals surface area contributed by atoms with E-state index in [1.165, 1.54) is 25.3 Å². The van der Waals surface area contributed by atoms with Gasteiger partial charge in [0.1, 0.15) is 6.54 Å². The van der Waals surface area contributed by atoms with Crippen molar-refractivity contribution in [3.05, 3.63) is 58.6 Å². The number of sulfonamides is 1. The normalized spacial score (nSPS) is 11.0. The minimum atomic E-state index is -3.70. The number of nitrogens with zero attached hydrogens (tertiary/aromatic N) is 1. The van der Waals surface area contributed by atoms with E-state index >= 15 is 0 Å². The third kappa shape index (κ3) is 5.24. The molecule has 7 nitrogen and oxygen atoms in total. The first-order chi connectivity index (χ1) is 13.2. The van der Waals surface area contributed by atoms with E-state index in [2.05, 4.69) is 10.1 Å². The van der Waals surface area contributed by atoms with Crippen LogP contribution in [0.15, 0.2) is 42.5 Å².